The second kappa shape index (κ2) is 8.90. The minimum atomic E-state index is -0.370. The van der Waals surface area contributed by atoms with Crippen molar-refractivity contribution in [2.24, 2.45) is 0 Å². The highest BCUT2D eigenvalue weighted by molar-refractivity contribution is 5.91. The summed E-state index contributed by atoms with van der Waals surface area (Å²) in [4.78, 5) is 26.5. The van der Waals surface area contributed by atoms with Gasteiger partial charge in [0.05, 0.1) is 31.8 Å². The number of nitrogens with one attached hydrogen (secondary N) is 1. The molecule has 0 atom stereocenters. The van der Waals surface area contributed by atoms with Crippen LogP contribution in [0.3, 0.4) is 0 Å². The molecule has 0 unspecified atom stereocenters. The van der Waals surface area contributed by atoms with Gasteiger partial charge >= 0.3 is 0 Å². The Hall–Kier alpha value is -4.14. The Labute approximate surface area is 202 Å². The molecule has 0 aliphatic heterocycles. The van der Waals surface area contributed by atoms with Gasteiger partial charge in [0, 0.05) is 23.1 Å². The van der Waals surface area contributed by atoms with Crippen LogP contribution in [0.2, 0.25) is 0 Å². The molecule has 0 radical (unpaired) electrons. The number of nitrogens with zero attached hydrogens (tertiary/aromatic N) is 4. The molecule has 9 nitrogen and oxygen atoms in total. The first-order valence-electron chi connectivity index (χ1n) is 11.5. The van der Waals surface area contributed by atoms with Crippen LogP contribution in [0.4, 0.5) is 5.69 Å². The lowest BCUT2D eigenvalue weighted by Gasteiger charge is -2.13. The zero-order chi connectivity index (χ0) is 24.7. The summed E-state index contributed by atoms with van der Waals surface area (Å²) in [6.07, 6.45) is 3.73. The fraction of sp³-hybridized carbons (Fsp3) is 0.308. The minimum absolute atomic E-state index is 0.221. The SMILES string of the molecule is COc1ccc(NC(=O)Cn2nc(C3CC3)c3cnn(-c4ccc(C)cc4C)c3c2=O)cc1OC. The van der Waals surface area contributed by atoms with E-state index in [9.17, 15) is 9.59 Å². The highest BCUT2D eigenvalue weighted by Gasteiger charge is 2.30. The number of carbonyl (C=O) groups excluding carboxylic acids is 1. The number of aryl methyl sites for hydroxylation is 2. The Morgan fingerprint density at radius 2 is 1.86 bits per heavy atom. The number of hydrogen-bond donors (Lipinski definition) is 1. The van der Waals surface area contributed by atoms with E-state index in [4.69, 9.17) is 9.47 Å². The number of methoxy groups -OCH3 is 2. The maximum absolute atomic E-state index is 13.6. The first-order valence-corrected chi connectivity index (χ1v) is 11.5. The molecule has 1 saturated carbocycles. The molecular formula is C26H27N5O4. The maximum atomic E-state index is 13.6. The van der Waals surface area contributed by atoms with Gasteiger partial charge in [0.2, 0.25) is 5.91 Å². The number of ether oxygens (including phenoxy) is 2. The molecule has 9 heteroatoms. The highest BCUT2D eigenvalue weighted by atomic mass is 16.5. The molecule has 1 aliphatic rings. The van der Waals surface area contributed by atoms with E-state index < -0.39 is 0 Å². The van der Waals surface area contributed by atoms with E-state index in [1.165, 1.54) is 11.8 Å². The van der Waals surface area contributed by atoms with Gasteiger partial charge in [0.1, 0.15) is 12.1 Å². The molecule has 1 N–H and O–H groups in total. The monoisotopic (exact) mass is 473 g/mol. The van der Waals surface area contributed by atoms with E-state index in [-0.39, 0.29) is 23.9 Å². The van der Waals surface area contributed by atoms with Crippen LogP contribution in [0.5, 0.6) is 11.5 Å². The highest BCUT2D eigenvalue weighted by Crippen LogP contribution is 2.41. The molecule has 2 heterocycles. The van der Waals surface area contributed by atoms with Crippen molar-refractivity contribution in [3.8, 4) is 17.2 Å². The van der Waals surface area contributed by atoms with Crippen LogP contribution in [0, 0.1) is 13.8 Å². The Kier molecular flexibility index (Phi) is 5.76. The zero-order valence-corrected chi connectivity index (χ0v) is 20.2. The summed E-state index contributed by atoms with van der Waals surface area (Å²) in [6.45, 7) is 3.80. The number of hydrogen-bond acceptors (Lipinski definition) is 6. The molecule has 0 bridgehead atoms. The normalized spacial score (nSPS) is 13.1. The average Bonchev–Trinajstić information content (AvgIpc) is 3.59. The zero-order valence-electron chi connectivity index (χ0n) is 20.2. The van der Waals surface area contributed by atoms with Gasteiger partial charge in [0.25, 0.3) is 5.56 Å². The van der Waals surface area contributed by atoms with Crippen molar-refractivity contribution >= 4 is 22.5 Å². The van der Waals surface area contributed by atoms with E-state index >= 15 is 0 Å². The van der Waals surface area contributed by atoms with Crippen molar-refractivity contribution < 1.29 is 14.3 Å². The molecule has 1 fully saturated rings. The second-order valence-corrected chi connectivity index (χ2v) is 8.85. The van der Waals surface area contributed by atoms with E-state index in [1.54, 1.807) is 36.2 Å². The molecular weight excluding hydrogens is 446 g/mol. The molecule has 35 heavy (non-hydrogen) atoms. The molecule has 5 rings (SSSR count). The van der Waals surface area contributed by atoms with Crippen molar-refractivity contribution in [3.05, 3.63) is 69.8 Å². The maximum Gasteiger partial charge on any atom is 0.293 e. The largest absolute Gasteiger partial charge is 0.493 e. The topological polar surface area (TPSA) is 100 Å². The summed E-state index contributed by atoms with van der Waals surface area (Å²) in [5.41, 5.74) is 4.40. The van der Waals surface area contributed by atoms with Gasteiger partial charge < -0.3 is 14.8 Å². The molecule has 0 spiro atoms. The van der Waals surface area contributed by atoms with Crippen LogP contribution in [0.15, 0.2) is 47.4 Å². The number of aromatic nitrogens is 4. The quantitative estimate of drug-likeness (QED) is 0.439. The number of carbonyl (C=O) groups is 1. The summed E-state index contributed by atoms with van der Waals surface area (Å²) in [5, 5.41) is 12.7. The van der Waals surface area contributed by atoms with Gasteiger partial charge in [0.15, 0.2) is 11.5 Å². The van der Waals surface area contributed by atoms with Crippen LogP contribution in [0.1, 0.15) is 35.6 Å². The van der Waals surface area contributed by atoms with Crippen LogP contribution >= 0.6 is 0 Å². The summed E-state index contributed by atoms with van der Waals surface area (Å²) in [7, 11) is 3.07. The number of rotatable bonds is 7. The third kappa shape index (κ3) is 4.25. The molecule has 4 aromatic rings. The lowest BCUT2D eigenvalue weighted by Crippen LogP contribution is -2.31. The third-order valence-electron chi connectivity index (χ3n) is 6.22. The average molecular weight is 474 g/mol. The van der Waals surface area contributed by atoms with Crippen molar-refractivity contribution in [1.29, 1.82) is 0 Å². The Balaban J connectivity index is 1.52. The Bertz CT molecular complexity index is 1500. The minimum Gasteiger partial charge on any atom is -0.493 e. The first kappa shape index (κ1) is 22.6. The number of amides is 1. The number of anilines is 1. The van der Waals surface area contributed by atoms with Crippen molar-refractivity contribution in [2.45, 2.75) is 39.2 Å². The van der Waals surface area contributed by atoms with Gasteiger partial charge in [-0.25, -0.2) is 9.36 Å². The van der Waals surface area contributed by atoms with Crippen molar-refractivity contribution in [3.63, 3.8) is 0 Å². The predicted molar refractivity (Wildman–Crippen MR) is 133 cm³/mol. The Morgan fingerprint density at radius 1 is 1.09 bits per heavy atom. The van der Waals surface area contributed by atoms with Crippen molar-refractivity contribution in [1.82, 2.24) is 19.6 Å². The summed E-state index contributed by atoms with van der Waals surface area (Å²) < 4.78 is 13.5. The lowest BCUT2D eigenvalue weighted by atomic mass is 10.1. The van der Waals surface area contributed by atoms with Gasteiger partial charge in [-0.1, -0.05) is 17.7 Å². The first-order chi connectivity index (χ1) is 16.9. The van der Waals surface area contributed by atoms with Gasteiger partial charge in [-0.05, 0) is 50.5 Å². The van der Waals surface area contributed by atoms with Gasteiger partial charge in [-0.3, -0.25) is 9.59 Å². The molecule has 180 valence electrons. The van der Waals surface area contributed by atoms with Crippen LogP contribution < -0.4 is 20.3 Å². The molecule has 2 aromatic carbocycles. The van der Waals surface area contributed by atoms with E-state index in [0.717, 1.165) is 40.7 Å². The standard InChI is InChI=1S/C26H27N5O4/c1-15-5-9-20(16(2)11-15)31-25-19(13-27-31)24(17-6-7-17)29-30(26(25)33)14-23(32)28-18-8-10-21(34-3)22(12-18)35-4/h5,8-13,17H,6-7,14H2,1-4H3,(H,28,32). The third-order valence-corrected chi connectivity index (χ3v) is 6.22. The van der Waals surface area contributed by atoms with Crippen LogP contribution in [-0.2, 0) is 11.3 Å². The van der Waals surface area contributed by atoms with Gasteiger partial charge in [-0.15, -0.1) is 0 Å². The van der Waals surface area contributed by atoms with E-state index in [1.807, 2.05) is 26.0 Å². The lowest BCUT2D eigenvalue weighted by molar-refractivity contribution is -0.117. The van der Waals surface area contributed by atoms with E-state index in [0.29, 0.717) is 22.7 Å². The summed E-state index contributed by atoms with van der Waals surface area (Å²) >= 11 is 0. The fourth-order valence-electron chi connectivity index (χ4n) is 4.33. The predicted octanol–water partition coefficient (Wildman–Crippen LogP) is 3.73. The molecule has 0 saturated heterocycles. The Morgan fingerprint density at radius 3 is 2.54 bits per heavy atom. The van der Waals surface area contributed by atoms with Crippen LogP contribution in [-0.4, -0.2) is 39.7 Å². The molecule has 1 amide bonds. The van der Waals surface area contributed by atoms with Gasteiger partial charge in [-0.2, -0.15) is 10.2 Å². The summed E-state index contributed by atoms with van der Waals surface area (Å²) in [5.74, 6) is 0.957. The molecule has 1 aliphatic carbocycles. The summed E-state index contributed by atoms with van der Waals surface area (Å²) in [6, 6.07) is 11.1. The second-order valence-electron chi connectivity index (χ2n) is 8.85. The molecule has 2 aromatic heterocycles. The smallest absolute Gasteiger partial charge is 0.293 e. The van der Waals surface area contributed by atoms with Crippen molar-refractivity contribution in [2.75, 3.05) is 19.5 Å². The van der Waals surface area contributed by atoms with Crippen LogP contribution in [0.25, 0.3) is 16.6 Å². The fourth-order valence-corrected chi connectivity index (χ4v) is 4.33. The number of benzene rings is 2. The van der Waals surface area contributed by atoms with E-state index in [2.05, 4.69) is 21.6 Å². The number of fused-ring (bicyclic) bond motifs is 1.